The van der Waals surface area contributed by atoms with Gasteiger partial charge in [0.15, 0.2) is 0 Å². The summed E-state index contributed by atoms with van der Waals surface area (Å²) in [4.78, 5) is 0. The molecule has 0 heterocycles. The normalized spacial score (nSPS) is 22.0. The number of unbranched alkanes of at least 4 members (excludes halogenated alkanes) is 4. The molecule has 0 saturated heterocycles. The van der Waals surface area contributed by atoms with E-state index >= 15 is 0 Å². The number of hydrogen-bond acceptors (Lipinski definition) is 0. The van der Waals surface area contributed by atoms with Crippen LogP contribution in [-0.4, -0.2) is 0 Å². The second kappa shape index (κ2) is 13.4. The van der Waals surface area contributed by atoms with Gasteiger partial charge in [0, 0.05) is 0 Å². The van der Waals surface area contributed by atoms with Crippen molar-refractivity contribution in [2.24, 2.45) is 17.8 Å². The van der Waals surface area contributed by atoms with Crippen LogP contribution in [-0.2, 0) is 0 Å². The first-order chi connectivity index (χ1) is 12.1. The van der Waals surface area contributed by atoms with Crippen LogP contribution in [0.2, 0.25) is 0 Å². The van der Waals surface area contributed by atoms with E-state index < -0.39 is 0 Å². The molecule has 0 aromatic heterocycles. The van der Waals surface area contributed by atoms with Crippen LogP contribution in [0.3, 0.4) is 0 Å². The van der Waals surface area contributed by atoms with Crippen LogP contribution in [0.5, 0.6) is 0 Å². The van der Waals surface area contributed by atoms with Gasteiger partial charge in [-0.1, -0.05) is 88.7 Å². The van der Waals surface area contributed by atoms with Gasteiger partial charge in [0.1, 0.15) is 0 Å². The van der Waals surface area contributed by atoms with Gasteiger partial charge >= 0.3 is 0 Å². The van der Waals surface area contributed by atoms with Gasteiger partial charge in [0.05, 0.1) is 0 Å². The van der Waals surface area contributed by atoms with Gasteiger partial charge in [0.2, 0.25) is 0 Å². The molecule has 1 rings (SSSR count). The maximum atomic E-state index is 4.38. The molecule has 0 radical (unpaired) electrons. The SMILES string of the molecule is C=C(C)CCCCCC[C@H]1C(=C)CCC1/C=C/CC(CC)CCCC. The number of allylic oxidation sites excluding steroid dienone is 4. The smallest absolute Gasteiger partial charge is 0.0143 e. The van der Waals surface area contributed by atoms with E-state index in [1.807, 2.05) is 0 Å². The van der Waals surface area contributed by atoms with Crippen LogP contribution in [0.1, 0.15) is 104 Å². The topological polar surface area (TPSA) is 0 Å². The third kappa shape index (κ3) is 9.47. The zero-order valence-corrected chi connectivity index (χ0v) is 17.5. The predicted octanol–water partition coefficient (Wildman–Crippen LogP) is 8.65. The van der Waals surface area contributed by atoms with Gasteiger partial charge in [-0.05, 0) is 63.2 Å². The molecule has 0 aromatic carbocycles. The van der Waals surface area contributed by atoms with Crippen LogP contribution in [0, 0.1) is 17.8 Å². The monoisotopic (exact) mass is 344 g/mol. The lowest BCUT2D eigenvalue weighted by molar-refractivity contribution is 0.437. The fraction of sp³-hybridized carbons (Fsp3) is 0.760. The predicted molar refractivity (Wildman–Crippen MR) is 115 cm³/mol. The Bertz CT molecular complexity index is 400. The molecule has 1 saturated carbocycles. The highest BCUT2D eigenvalue weighted by Crippen LogP contribution is 2.40. The summed E-state index contributed by atoms with van der Waals surface area (Å²) in [5, 5.41) is 0. The van der Waals surface area contributed by atoms with Crippen molar-refractivity contribution >= 4 is 0 Å². The Labute approximate surface area is 158 Å². The quantitative estimate of drug-likeness (QED) is 0.218. The summed E-state index contributed by atoms with van der Waals surface area (Å²) >= 11 is 0. The first-order valence-electron chi connectivity index (χ1n) is 11.1. The maximum Gasteiger partial charge on any atom is -0.0143 e. The minimum absolute atomic E-state index is 0.758. The first-order valence-corrected chi connectivity index (χ1v) is 11.1. The third-order valence-electron chi connectivity index (χ3n) is 6.10. The van der Waals surface area contributed by atoms with Crippen molar-refractivity contribution in [1.29, 1.82) is 0 Å². The molecule has 144 valence electrons. The van der Waals surface area contributed by atoms with Crippen molar-refractivity contribution in [1.82, 2.24) is 0 Å². The number of rotatable bonds is 14. The summed E-state index contributed by atoms with van der Waals surface area (Å²) < 4.78 is 0. The molecule has 0 bridgehead atoms. The van der Waals surface area contributed by atoms with E-state index in [1.54, 1.807) is 0 Å². The van der Waals surface area contributed by atoms with Gasteiger partial charge in [-0.2, -0.15) is 0 Å². The summed E-state index contributed by atoms with van der Waals surface area (Å²) in [6.07, 6.45) is 22.4. The highest BCUT2D eigenvalue weighted by atomic mass is 14.3. The lowest BCUT2D eigenvalue weighted by Gasteiger charge is -2.18. The molecule has 1 fully saturated rings. The van der Waals surface area contributed by atoms with Gasteiger partial charge in [-0.15, -0.1) is 6.58 Å². The van der Waals surface area contributed by atoms with E-state index in [2.05, 4.69) is 46.1 Å². The Morgan fingerprint density at radius 1 is 1.16 bits per heavy atom. The lowest BCUT2D eigenvalue weighted by Crippen LogP contribution is -2.07. The van der Waals surface area contributed by atoms with Crippen LogP contribution in [0.4, 0.5) is 0 Å². The van der Waals surface area contributed by atoms with Gasteiger partial charge in [0.25, 0.3) is 0 Å². The van der Waals surface area contributed by atoms with Gasteiger partial charge < -0.3 is 0 Å². The number of hydrogen-bond donors (Lipinski definition) is 0. The molecule has 25 heavy (non-hydrogen) atoms. The molecular formula is C25H44. The van der Waals surface area contributed by atoms with Crippen molar-refractivity contribution < 1.29 is 0 Å². The molecule has 0 N–H and O–H groups in total. The van der Waals surface area contributed by atoms with Crippen molar-refractivity contribution in [3.05, 3.63) is 36.5 Å². The van der Waals surface area contributed by atoms with Crippen molar-refractivity contribution in [3.63, 3.8) is 0 Å². The summed E-state index contributed by atoms with van der Waals surface area (Å²) in [5.74, 6) is 2.42. The van der Waals surface area contributed by atoms with Crippen LogP contribution in [0.25, 0.3) is 0 Å². The van der Waals surface area contributed by atoms with E-state index in [4.69, 9.17) is 0 Å². The van der Waals surface area contributed by atoms with Gasteiger partial charge in [-0.3, -0.25) is 0 Å². The second-order valence-electron chi connectivity index (χ2n) is 8.46. The molecule has 0 amide bonds. The Balaban J connectivity index is 2.31. The van der Waals surface area contributed by atoms with E-state index in [0.29, 0.717) is 0 Å². The van der Waals surface area contributed by atoms with Gasteiger partial charge in [-0.25, -0.2) is 0 Å². The Kier molecular flexibility index (Phi) is 12.0. The van der Waals surface area contributed by atoms with Crippen LogP contribution >= 0.6 is 0 Å². The molecule has 0 heteroatoms. The molecule has 3 atom stereocenters. The average molecular weight is 345 g/mol. The fourth-order valence-corrected chi connectivity index (χ4v) is 4.26. The summed E-state index contributed by atoms with van der Waals surface area (Å²) in [5.41, 5.74) is 2.85. The summed E-state index contributed by atoms with van der Waals surface area (Å²) in [6, 6.07) is 0. The molecule has 0 spiro atoms. The molecule has 1 aliphatic carbocycles. The zero-order chi connectivity index (χ0) is 18.5. The largest absolute Gasteiger partial charge is 0.100 e. The van der Waals surface area contributed by atoms with E-state index in [0.717, 1.165) is 17.8 Å². The molecule has 0 aliphatic heterocycles. The summed E-state index contributed by atoms with van der Waals surface area (Å²) in [6.45, 7) is 15.2. The van der Waals surface area contributed by atoms with Crippen LogP contribution in [0.15, 0.2) is 36.5 Å². The minimum atomic E-state index is 0.758. The Morgan fingerprint density at radius 3 is 2.60 bits per heavy atom. The average Bonchev–Trinajstić information content (AvgIpc) is 2.94. The second-order valence-corrected chi connectivity index (χ2v) is 8.46. The third-order valence-corrected chi connectivity index (χ3v) is 6.10. The first kappa shape index (κ1) is 22.3. The minimum Gasteiger partial charge on any atom is -0.100 e. The van der Waals surface area contributed by atoms with Crippen molar-refractivity contribution in [2.45, 2.75) is 104 Å². The molecule has 1 aliphatic rings. The Morgan fingerprint density at radius 2 is 1.92 bits per heavy atom. The molecule has 2 unspecified atom stereocenters. The maximum absolute atomic E-state index is 4.38. The fourth-order valence-electron chi connectivity index (χ4n) is 4.26. The molecular weight excluding hydrogens is 300 g/mol. The highest BCUT2D eigenvalue weighted by Gasteiger charge is 2.27. The van der Waals surface area contributed by atoms with E-state index in [9.17, 15) is 0 Å². The van der Waals surface area contributed by atoms with E-state index in [-0.39, 0.29) is 0 Å². The standard InChI is InChI=1S/C25H44/c1-6-8-15-23(7-2)16-13-17-24-20-19-22(5)25(24)18-12-10-9-11-14-21(3)4/h13,17,23-25H,3,5-12,14-16,18-20H2,1-2,4H3/b17-13+/t23?,24?,25-/m0/s1. The van der Waals surface area contributed by atoms with Crippen molar-refractivity contribution in [2.75, 3.05) is 0 Å². The Hall–Kier alpha value is -0.780. The zero-order valence-electron chi connectivity index (χ0n) is 17.5. The highest BCUT2D eigenvalue weighted by molar-refractivity contribution is 5.13. The van der Waals surface area contributed by atoms with Crippen LogP contribution < -0.4 is 0 Å². The van der Waals surface area contributed by atoms with E-state index in [1.165, 1.54) is 94.6 Å². The van der Waals surface area contributed by atoms with Crippen molar-refractivity contribution in [3.8, 4) is 0 Å². The summed E-state index contributed by atoms with van der Waals surface area (Å²) in [7, 11) is 0. The lowest BCUT2D eigenvalue weighted by atomic mass is 9.87. The molecule has 0 nitrogen and oxygen atoms in total. The molecule has 0 aromatic rings.